The first-order valence-electron chi connectivity index (χ1n) is 3.48. The molecule has 1 aromatic heterocycles. The van der Waals surface area contributed by atoms with Crippen molar-refractivity contribution in [2.24, 2.45) is 0 Å². The number of rotatable bonds is 3. The van der Waals surface area contributed by atoms with E-state index in [-0.39, 0.29) is 0 Å². The van der Waals surface area contributed by atoms with E-state index < -0.39 is 0 Å². The van der Waals surface area contributed by atoms with Crippen LogP contribution in [0.1, 0.15) is 5.69 Å². The molecule has 0 saturated heterocycles. The Morgan fingerprint density at radius 2 is 2.33 bits per heavy atom. The molecule has 0 radical (unpaired) electrons. The summed E-state index contributed by atoms with van der Waals surface area (Å²) in [6.07, 6.45) is 5.34. The number of hydrogen-bond donors (Lipinski definition) is 0. The Labute approximate surface area is 70.7 Å². The Morgan fingerprint density at radius 3 is 2.83 bits per heavy atom. The number of aldehydes is 1. The number of hydrogen-bond acceptors (Lipinski definition) is 3. The van der Waals surface area contributed by atoms with Crippen molar-refractivity contribution in [3.05, 3.63) is 30.1 Å². The zero-order valence-electron chi connectivity index (χ0n) is 6.73. The summed E-state index contributed by atoms with van der Waals surface area (Å²) in [4.78, 5) is 14.0. The third kappa shape index (κ3) is 2.20. The third-order valence-corrected chi connectivity index (χ3v) is 1.34. The average Bonchev–Trinajstić information content (AvgIpc) is 2.15. The summed E-state index contributed by atoms with van der Waals surface area (Å²) >= 11 is 0. The summed E-state index contributed by atoms with van der Waals surface area (Å²) in [7, 11) is 1.58. The Balaban J connectivity index is 2.77. The van der Waals surface area contributed by atoms with Gasteiger partial charge in [-0.1, -0.05) is 0 Å². The van der Waals surface area contributed by atoms with Crippen molar-refractivity contribution in [2.45, 2.75) is 0 Å². The molecule has 0 atom stereocenters. The molecule has 0 amide bonds. The predicted molar refractivity (Wildman–Crippen MR) is 45.9 cm³/mol. The van der Waals surface area contributed by atoms with E-state index in [0.29, 0.717) is 12.0 Å². The molecule has 3 heteroatoms. The summed E-state index contributed by atoms with van der Waals surface area (Å²) in [6, 6.07) is 3.57. The van der Waals surface area contributed by atoms with Crippen LogP contribution in [0.3, 0.4) is 0 Å². The van der Waals surface area contributed by atoms with Gasteiger partial charge in [0.1, 0.15) is 12.0 Å². The van der Waals surface area contributed by atoms with Crippen molar-refractivity contribution < 1.29 is 9.53 Å². The first-order chi connectivity index (χ1) is 5.86. The Hall–Kier alpha value is -1.64. The normalized spacial score (nSPS) is 10.1. The van der Waals surface area contributed by atoms with Gasteiger partial charge >= 0.3 is 0 Å². The van der Waals surface area contributed by atoms with Gasteiger partial charge in [0, 0.05) is 0 Å². The lowest BCUT2D eigenvalue weighted by Crippen LogP contribution is -1.85. The molecule has 0 bridgehead atoms. The van der Waals surface area contributed by atoms with Gasteiger partial charge in [0.15, 0.2) is 0 Å². The highest BCUT2D eigenvalue weighted by Crippen LogP contribution is 2.08. The van der Waals surface area contributed by atoms with E-state index in [2.05, 4.69) is 4.98 Å². The van der Waals surface area contributed by atoms with Crippen LogP contribution in [-0.2, 0) is 4.79 Å². The minimum absolute atomic E-state index is 0.707. The molecule has 1 heterocycles. The molecule has 3 nitrogen and oxygen atoms in total. The van der Waals surface area contributed by atoms with Gasteiger partial charge < -0.3 is 4.74 Å². The predicted octanol–water partition coefficient (Wildman–Crippen LogP) is 1.30. The van der Waals surface area contributed by atoms with Crippen molar-refractivity contribution >= 4 is 12.4 Å². The highest BCUT2D eigenvalue weighted by Gasteiger charge is 1.89. The van der Waals surface area contributed by atoms with Crippen LogP contribution in [-0.4, -0.2) is 18.4 Å². The second-order valence-corrected chi connectivity index (χ2v) is 2.12. The number of ether oxygens (including phenoxy) is 1. The smallest absolute Gasteiger partial charge is 0.142 e. The lowest BCUT2D eigenvalue weighted by molar-refractivity contribution is -0.104. The summed E-state index contributed by atoms with van der Waals surface area (Å²) in [5.74, 6) is 0.707. The Kier molecular flexibility index (Phi) is 3.02. The molecule has 0 aliphatic heterocycles. The van der Waals surface area contributed by atoms with E-state index >= 15 is 0 Å². The van der Waals surface area contributed by atoms with E-state index in [9.17, 15) is 4.79 Å². The number of aromatic nitrogens is 1. The lowest BCUT2D eigenvalue weighted by Gasteiger charge is -1.97. The molecule has 0 unspecified atom stereocenters. The second kappa shape index (κ2) is 4.28. The maximum Gasteiger partial charge on any atom is 0.142 e. The molecule has 0 saturated carbocycles. The van der Waals surface area contributed by atoms with E-state index in [0.717, 1.165) is 5.69 Å². The van der Waals surface area contributed by atoms with E-state index in [4.69, 9.17) is 4.74 Å². The van der Waals surface area contributed by atoms with Gasteiger partial charge in [-0.05, 0) is 24.3 Å². The molecule has 0 aromatic carbocycles. The first kappa shape index (κ1) is 8.46. The van der Waals surface area contributed by atoms with Crippen LogP contribution in [0.4, 0.5) is 0 Å². The number of allylic oxidation sites excluding steroid dienone is 1. The van der Waals surface area contributed by atoms with Crippen LogP contribution in [0, 0.1) is 0 Å². The van der Waals surface area contributed by atoms with Crippen molar-refractivity contribution in [2.75, 3.05) is 7.11 Å². The molecule has 0 aliphatic carbocycles. The maximum absolute atomic E-state index is 9.96. The second-order valence-electron chi connectivity index (χ2n) is 2.12. The Morgan fingerprint density at radius 1 is 1.50 bits per heavy atom. The number of pyridine rings is 1. The van der Waals surface area contributed by atoms with Crippen molar-refractivity contribution in [3.8, 4) is 5.75 Å². The molecule has 1 aromatic rings. The van der Waals surface area contributed by atoms with E-state index in [1.807, 2.05) is 0 Å². The molecule has 1 rings (SSSR count). The summed E-state index contributed by atoms with van der Waals surface area (Å²) in [6.45, 7) is 0. The monoisotopic (exact) mass is 163 g/mol. The third-order valence-electron chi connectivity index (χ3n) is 1.34. The van der Waals surface area contributed by atoms with Gasteiger partial charge in [-0.25, -0.2) is 0 Å². The van der Waals surface area contributed by atoms with Crippen LogP contribution in [0.5, 0.6) is 5.75 Å². The molecule has 0 N–H and O–H groups in total. The largest absolute Gasteiger partial charge is 0.495 e. The highest BCUT2D eigenvalue weighted by molar-refractivity contribution is 5.72. The highest BCUT2D eigenvalue weighted by atomic mass is 16.5. The molecule has 62 valence electrons. The van der Waals surface area contributed by atoms with E-state index in [1.165, 1.54) is 6.08 Å². The molecule has 12 heavy (non-hydrogen) atoms. The fourth-order valence-corrected chi connectivity index (χ4v) is 0.749. The van der Waals surface area contributed by atoms with Crippen molar-refractivity contribution in [1.29, 1.82) is 0 Å². The molecular weight excluding hydrogens is 154 g/mol. The quantitative estimate of drug-likeness (QED) is 0.498. The first-order valence-corrected chi connectivity index (χ1v) is 3.48. The number of nitrogens with zero attached hydrogens (tertiary/aromatic N) is 1. The lowest BCUT2D eigenvalue weighted by atomic mass is 10.3. The number of carbonyl (C=O) groups is 1. The van der Waals surface area contributed by atoms with Crippen molar-refractivity contribution in [3.63, 3.8) is 0 Å². The van der Waals surface area contributed by atoms with Gasteiger partial charge in [0.2, 0.25) is 0 Å². The number of carbonyl (C=O) groups excluding carboxylic acids is 1. The molecule has 0 aliphatic rings. The van der Waals surface area contributed by atoms with Gasteiger partial charge in [-0.2, -0.15) is 0 Å². The fourth-order valence-electron chi connectivity index (χ4n) is 0.749. The van der Waals surface area contributed by atoms with Crippen LogP contribution in [0.2, 0.25) is 0 Å². The molecular formula is C9H9NO2. The van der Waals surface area contributed by atoms with Gasteiger partial charge in [-0.3, -0.25) is 9.78 Å². The minimum Gasteiger partial charge on any atom is -0.495 e. The van der Waals surface area contributed by atoms with Crippen LogP contribution >= 0.6 is 0 Å². The summed E-state index contributed by atoms with van der Waals surface area (Å²) in [5.41, 5.74) is 0.739. The maximum atomic E-state index is 9.96. The van der Waals surface area contributed by atoms with Gasteiger partial charge in [-0.15, -0.1) is 0 Å². The molecule has 0 spiro atoms. The van der Waals surface area contributed by atoms with Crippen LogP contribution < -0.4 is 4.74 Å². The van der Waals surface area contributed by atoms with Crippen LogP contribution in [0.15, 0.2) is 24.4 Å². The zero-order valence-corrected chi connectivity index (χ0v) is 6.73. The fraction of sp³-hybridized carbons (Fsp3) is 0.111. The van der Waals surface area contributed by atoms with Crippen LogP contribution in [0.25, 0.3) is 6.08 Å². The van der Waals surface area contributed by atoms with E-state index in [1.54, 1.807) is 31.5 Å². The molecule has 0 fully saturated rings. The van der Waals surface area contributed by atoms with Crippen molar-refractivity contribution in [1.82, 2.24) is 4.98 Å². The SMILES string of the molecule is COc1ccc(/C=C/C=O)nc1. The van der Waals surface area contributed by atoms with Gasteiger partial charge in [0.05, 0.1) is 19.0 Å². The summed E-state index contributed by atoms with van der Waals surface area (Å²) in [5, 5.41) is 0. The average molecular weight is 163 g/mol. The minimum atomic E-state index is 0.707. The zero-order chi connectivity index (χ0) is 8.81. The summed E-state index contributed by atoms with van der Waals surface area (Å²) < 4.78 is 4.92. The Bertz CT molecular complexity index is 277. The number of methoxy groups -OCH3 is 1. The topological polar surface area (TPSA) is 39.2 Å². The standard InChI is InChI=1S/C9H9NO2/c1-12-9-5-4-8(10-7-9)3-2-6-11/h2-7H,1H3/b3-2+. The van der Waals surface area contributed by atoms with Gasteiger partial charge in [0.25, 0.3) is 0 Å².